The second kappa shape index (κ2) is 9.73. The first-order chi connectivity index (χ1) is 11.5. The summed E-state index contributed by atoms with van der Waals surface area (Å²) in [4.78, 5) is 14.3. The summed E-state index contributed by atoms with van der Waals surface area (Å²) in [5.74, 6) is -0.0696. The molecule has 1 aliphatic carbocycles. The van der Waals surface area contributed by atoms with Crippen LogP contribution in [0.4, 0.5) is 0 Å². The molecule has 0 bridgehead atoms. The zero-order valence-electron chi connectivity index (χ0n) is 14.7. The van der Waals surface area contributed by atoms with Crippen molar-refractivity contribution in [2.45, 2.75) is 63.2 Å². The molecule has 140 valence electrons. The SMILES string of the molecule is CCCCS(=O)(=O)C1CCCCC1OC(=O)CCN1CCOCC1. The summed E-state index contributed by atoms with van der Waals surface area (Å²) in [6, 6.07) is 0. The van der Waals surface area contributed by atoms with Gasteiger partial charge < -0.3 is 9.47 Å². The van der Waals surface area contributed by atoms with Crippen molar-refractivity contribution in [2.24, 2.45) is 0 Å². The standard InChI is InChI=1S/C17H31NO5S/c1-2-3-14-24(20,21)16-7-5-4-6-15(16)23-17(19)8-9-18-10-12-22-13-11-18/h15-16H,2-14H2,1H3. The number of nitrogens with zero attached hydrogens (tertiary/aromatic N) is 1. The first-order valence-corrected chi connectivity index (χ1v) is 11.0. The number of ether oxygens (including phenoxy) is 2. The van der Waals surface area contributed by atoms with Crippen molar-refractivity contribution in [1.82, 2.24) is 4.90 Å². The Hall–Kier alpha value is -0.660. The van der Waals surface area contributed by atoms with Gasteiger partial charge >= 0.3 is 5.97 Å². The summed E-state index contributed by atoms with van der Waals surface area (Å²) in [6.07, 6.45) is 4.51. The fraction of sp³-hybridized carbons (Fsp3) is 0.941. The van der Waals surface area contributed by atoms with Crippen LogP contribution < -0.4 is 0 Å². The van der Waals surface area contributed by atoms with Gasteiger partial charge in [0.1, 0.15) is 6.10 Å². The van der Waals surface area contributed by atoms with Gasteiger partial charge in [0.25, 0.3) is 0 Å². The number of hydrogen-bond acceptors (Lipinski definition) is 6. The van der Waals surface area contributed by atoms with E-state index < -0.39 is 21.2 Å². The number of morpholine rings is 1. The third-order valence-corrected chi connectivity index (χ3v) is 7.22. The predicted molar refractivity (Wildman–Crippen MR) is 92.7 cm³/mol. The normalized spacial score (nSPS) is 26.2. The molecular formula is C17H31NO5S. The van der Waals surface area contributed by atoms with Crippen LogP contribution in [-0.4, -0.2) is 69.2 Å². The Bertz CT molecular complexity index is 487. The molecule has 0 N–H and O–H groups in total. The van der Waals surface area contributed by atoms with Crippen molar-refractivity contribution in [2.75, 3.05) is 38.6 Å². The molecule has 0 amide bonds. The largest absolute Gasteiger partial charge is 0.461 e. The minimum absolute atomic E-state index is 0.204. The molecule has 2 rings (SSSR count). The number of hydrogen-bond donors (Lipinski definition) is 0. The Morgan fingerprint density at radius 3 is 2.62 bits per heavy atom. The summed E-state index contributed by atoms with van der Waals surface area (Å²) in [6.45, 7) is 5.72. The van der Waals surface area contributed by atoms with E-state index in [1.54, 1.807) is 0 Å². The molecule has 2 atom stereocenters. The maximum absolute atomic E-state index is 12.5. The monoisotopic (exact) mass is 361 g/mol. The summed E-state index contributed by atoms with van der Waals surface area (Å²) in [7, 11) is -3.18. The van der Waals surface area contributed by atoms with Crippen molar-refractivity contribution < 1.29 is 22.7 Å². The van der Waals surface area contributed by atoms with E-state index in [0.29, 0.717) is 45.4 Å². The molecule has 0 radical (unpaired) electrons. The van der Waals surface area contributed by atoms with Gasteiger partial charge in [-0.05, 0) is 25.7 Å². The van der Waals surface area contributed by atoms with Crippen LogP contribution in [0.1, 0.15) is 51.9 Å². The highest BCUT2D eigenvalue weighted by atomic mass is 32.2. The summed E-state index contributed by atoms with van der Waals surface area (Å²) < 4.78 is 35.9. The van der Waals surface area contributed by atoms with Gasteiger partial charge in [0.05, 0.1) is 30.6 Å². The second-order valence-corrected chi connectivity index (χ2v) is 9.12. The average Bonchev–Trinajstić information content (AvgIpc) is 2.59. The number of sulfone groups is 1. The summed E-state index contributed by atoms with van der Waals surface area (Å²) >= 11 is 0. The minimum atomic E-state index is -3.18. The highest BCUT2D eigenvalue weighted by Crippen LogP contribution is 2.28. The van der Waals surface area contributed by atoms with Gasteiger partial charge in [-0.1, -0.05) is 19.8 Å². The summed E-state index contributed by atoms with van der Waals surface area (Å²) in [5.41, 5.74) is 0. The highest BCUT2D eigenvalue weighted by molar-refractivity contribution is 7.92. The zero-order valence-corrected chi connectivity index (χ0v) is 15.6. The van der Waals surface area contributed by atoms with Gasteiger partial charge in [0.15, 0.2) is 9.84 Å². The number of esters is 1. The van der Waals surface area contributed by atoms with E-state index in [0.717, 1.165) is 32.4 Å². The van der Waals surface area contributed by atoms with Crippen molar-refractivity contribution >= 4 is 15.8 Å². The lowest BCUT2D eigenvalue weighted by Crippen LogP contribution is -2.42. The van der Waals surface area contributed by atoms with E-state index in [1.165, 1.54) is 0 Å². The molecule has 0 aromatic carbocycles. The predicted octanol–water partition coefficient (Wildman–Crippen LogP) is 1.78. The molecular weight excluding hydrogens is 330 g/mol. The molecule has 0 aromatic rings. The molecule has 6 nitrogen and oxygen atoms in total. The number of rotatable bonds is 8. The Labute approximate surface area is 145 Å². The minimum Gasteiger partial charge on any atom is -0.461 e. The molecule has 1 saturated carbocycles. The van der Waals surface area contributed by atoms with Crippen LogP contribution in [0.2, 0.25) is 0 Å². The lowest BCUT2D eigenvalue weighted by atomic mass is 9.97. The van der Waals surface area contributed by atoms with E-state index in [9.17, 15) is 13.2 Å². The number of unbranched alkanes of at least 4 members (excludes halogenated alkanes) is 1. The maximum atomic E-state index is 12.5. The van der Waals surface area contributed by atoms with E-state index in [4.69, 9.17) is 9.47 Å². The van der Waals surface area contributed by atoms with Gasteiger partial charge in [-0.25, -0.2) is 8.42 Å². The Balaban J connectivity index is 1.84. The van der Waals surface area contributed by atoms with Crippen LogP contribution in [0.15, 0.2) is 0 Å². The summed E-state index contributed by atoms with van der Waals surface area (Å²) in [5, 5.41) is -0.509. The quantitative estimate of drug-likeness (QED) is 0.614. The topological polar surface area (TPSA) is 72.9 Å². The smallest absolute Gasteiger partial charge is 0.307 e. The third-order valence-electron chi connectivity index (χ3n) is 4.90. The molecule has 0 spiro atoms. The molecule has 1 heterocycles. The second-order valence-electron chi connectivity index (χ2n) is 6.78. The molecule has 2 unspecified atom stereocenters. The Kier molecular flexibility index (Phi) is 7.97. The van der Waals surface area contributed by atoms with Crippen molar-refractivity contribution in [3.63, 3.8) is 0 Å². The lowest BCUT2D eigenvalue weighted by Gasteiger charge is -2.31. The molecule has 0 aromatic heterocycles. The first-order valence-electron chi connectivity index (χ1n) is 9.24. The molecule has 7 heteroatoms. The van der Waals surface area contributed by atoms with Crippen molar-refractivity contribution in [3.8, 4) is 0 Å². The van der Waals surface area contributed by atoms with E-state index >= 15 is 0 Å². The van der Waals surface area contributed by atoms with Gasteiger partial charge in [-0.15, -0.1) is 0 Å². The first kappa shape index (κ1) is 19.7. The Morgan fingerprint density at radius 1 is 1.21 bits per heavy atom. The van der Waals surface area contributed by atoms with Gasteiger partial charge in [-0.3, -0.25) is 9.69 Å². The molecule has 1 aliphatic heterocycles. The molecule has 2 aliphatic rings. The van der Waals surface area contributed by atoms with E-state index in [-0.39, 0.29) is 11.7 Å². The molecule has 1 saturated heterocycles. The van der Waals surface area contributed by atoms with Crippen LogP contribution in [0.3, 0.4) is 0 Å². The van der Waals surface area contributed by atoms with E-state index in [2.05, 4.69) is 4.90 Å². The van der Waals surface area contributed by atoms with Crippen LogP contribution >= 0.6 is 0 Å². The van der Waals surface area contributed by atoms with E-state index in [1.807, 2.05) is 6.92 Å². The number of carbonyl (C=O) groups excluding carboxylic acids is 1. The van der Waals surface area contributed by atoms with Gasteiger partial charge in [0, 0.05) is 19.6 Å². The van der Waals surface area contributed by atoms with Crippen LogP contribution in [-0.2, 0) is 24.1 Å². The lowest BCUT2D eigenvalue weighted by molar-refractivity contribution is -0.150. The fourth-order valence-corrected chi connectivity index (χ4v) is 5.58. The average molecular weight is 362 g/mol. The van der Waals surface area contributed by atoms with Gasteiger partial charge in [0.2, 0.25) is 0 Å². The van der Waals surface area contributed by atoms with Crippen molar-refractivity contribution in [3.05, 3.63) is 0 Å². The van der Waals surface area contributed by atoms with Crippen LogP contribution in [0, 0.1) is 0 Å². The maximum Gasteiger partial charge on any atom is 0.307 e. The van der Waals surface area contributed by atoms with Gasteiger partial charge in [-0.2, -0.15) is 0 Å². The van der Waals surface area contributed by atoms with Crippen LogP contribution in [0.5, 0.6) is 0 Å². The van der Waals surface area contributed by atoms with Crippen molar-refractivity contribution in [1.29, 1.82) is 0 Å². The molecule has 2 fully saturated rings. The Morgan fingerprint density at radius 2 is 1.92 bits per heavy atom. The third kappa shape index (κ3) is 6.01. The highest BCUT2D eigenvalue weighted by Gasteiger charge is 2.37. The number of carbonyl (C=O) groups is 1. The molecule has 24 heavy (non-hydrogen) atoms. The van der Waals surface area contributed by atoms with Crippen LogP contribution in [0.25, 0.3) is 0 Å². The zero-order chi connectivity index (χ0) is 17.4. The fourth-order valence-electron chi connectivity index (χ4n) is 3.41.